The Balaban J connectivity index is 2.25. The summed E-state index contributed by atoms with van der Waals surface area (Å²) in [6.45, 7) is 0. The number of carbonyl (C=O) groups is 2. The van der Waals surface area contributed by atoms with Crippen molar-refractivity contribution in [3.8, 4) is 0 Å². The molecule has 0 radical (unpaired) electrons. The van der Waals surface area contributed by atoms with Gasteiger partial charge in [-0.15, -0.1) is 0 Å². The van der Waals surface area contributed by atoms with Crippen LogP contribution in [0.25, 0.3) is 0 Å². The summed E-state index contributed by atoms with van der Waals surface area (Å²) in [6, 6.07) is 6.72. The number of benzene rings is 2. The topological polar surface area (TPSA) is 37.4 Å². The van der Waals surface area contributed by atoms with Crippen LogP contribution in [0.5, 0.6) is 0 Å². The van der Waals surface area contributed by atoms with Gasteiger partial charge in [-0.3, -0.25) is 9.59 Å². The summed E-state index contributed by atoms with van der Waals surface area (Å²) in [5, 5.41) is 0. The van der Waals surface area contributed by atoms with Gasteiger partial charge in [-0.2, -0.15) is 13.2 Å². The van der Waals surface area contributed by atoms with E-state index in [1.807, 2.05) is 0 Å². The minimum absolute atomic E-state index is 0.00171. The molecule has 0 atom stereocenters. The number of carbonyl (C=O) groups excluding carboxylic acids is 2. The van der Waals surface area contributed by atoms with Crippen molar-refractivity contribution in [2.24, 2.45) is 0 Å². The van der Waals surface area contributed by atoms with Crippen LogP contribution in [0, 0.1) is 5.82 Å². The summed E-state index contributed by atoms with van der Waals surface area (Å²) in [6.07, 6.45) is -4.94. The smallest absolute Gasteiger partial charge is 0.268 e. The Labute approximate surface area is 135 Å². The molecular formula is C15H6BrF4NO2. The van der Waals surface area contributed by atoms with Crippen molar-refractivity contribution in [3.63, 3.8) is 0 Å². The summed E-state index contributed by atoms with van der Waals surface area (Å²) in [4.78, 5) is 25.1. The van der Waals surface area contributed by atoms with Crippen molar-refractivity contribution < 1.29 is 27.2 Å². The maximum atomic E-state index is 13.4. The van der Waals surface area contributed by atoms with Crippen LogP contribution in [0.4, 0.5) is 23.2 Å². The summed E-state index contributed by atoms with van der Waals surface area (Å²) in [5.41, 5.74) is -2.12. The minimum atomic E-state index is -4.94. The molecule has 3 nitrogen and oxygen atoms in total. The van der Waals surface area contributed by atoms with Gasteiger partial charge in [0.1, 0.15) is 5.82 Å². The van der Waals surface area contributed by atoms with Gasteiger partial charge in [0.15, 0.2) is 0 Å². The molecule has 118 valence electrons. The molecule has 2 aromatic carbocycles. The highest BCUT2D eigenvalue weighted by atomic mass is 79.9. The molecule has 0 saturated heterocycles. The summed E-state index contributed by atoms with van der Waals surface area (Å²) < 4.78 is 52.7. The third kappa shape index (κ3) is 2.42. The molecule has 0 aromatic heterocycles. The zero-order chi connectivity index (χ0) is 16.9. The average molecular weight is 388 g/mol. The second-order valence-corrected chi connectivity index (χ2v) is 5.63. The number of imide groups is 1. The molecule has 2 aromatic rings. The van der Waals surface area contributed by atoms with E-state index >= 15 is 0 Å². The molecule has 0 N–H and O–H groups in total. The van der Waals surface area contributed by atoms with E-state index in [9.17, 15) is 27.2 Å². The number of anilines is 1. The molecule has 0 aliphatic carbocycles. The number of fused-ring (bicyclic) bond motifs is 1. The second kappa shape index (κ2) is 5.16. The van der Waals surface area contributed by atoms with Gasteiger partial charge in [0.25, 0.3) is 11.8 Å². The van der Waals surface area contributed by atoms with Gasteiger partial charge in [0.2, 0.25) is 0 Å². The number of nitrogens with zero attached hydrogens (tertiary/aromatic N) is 1. The Hall–Kier alpha value is -2.22. The van der Waals surface area contributed by atoms with Crippen molar-refractivity contribution in [2.75, 3.05) is 4.90 Å². The highest BCUT2D eigenvalue weighted by Gasteiger charge is 2.43. The van der Waals surface area contributed by atoms with Crippen LogP contribution in [0.3, 0.4) is 0 Å². The van der Waals surface area contributed by atoms with Gasteiger partial charge in [-0.25, -0.2) is 9.29 Å². The number of alkyl halides is 3. The standard InChI is InChI=1S/C15H6BrF4NO2/c16-11-6-7(17)5-10(15(18,19)20)12(11)21-13(22)8-3-1-2-4-9(8)14(21)23/h1-6H. The number of amides is 2. The normalized spacial score (nSPS) is 14.4. The van der Waals surface area contributed by atoms with E-state index < -0.39 is 35.1 Å². The fraction of sp³-hybridized carbons (Fsp3) is 0.0667. The highest BCUT2D eigenvalue weighted by molar-refractivity contribution is 9.10. The molecule has 0 saturated carbocycles. The van der Waals surface area contributed by atoms with Crippen molar-refractivity contribution >= 4 is 33.4 Å². The van der Waals surface area contributed by atoms with Crippen LogP contribution in [0.2, 0.25) is 0 Å². The van der Waals surface area contributed by atoms with Crippen LogP contribution in [-0.2, 0) is 6.18 Å². The van der Waals surface area contributed by atoms with Gasteiger partial charge in [-0.05, 0) is 40.2 Å². The lowest BCUT2D eigenvalue weighted by Crippen LogP contribution is -2.32. The Bertz CT molecular complexity index is 813. The summed E-state index contributed by atoms with van der Waals surface area (Å²) in [5.74, 6) is -2.91. The van der Waals surface area contributed by atoms with E-state index in [0.29, 0.717) is 4.90 Å². The molecule has 0 fully saturated rings. The molecule has 0 unspecified atom stereocenters. The highest BCUT2D eigenvalue weighted by Crippen LogP contribution is 2.43. The minimum Gasteiger partial charge on any atom is -0.268 e. The van der Waals surface area contributed by atoms with Crippen LogP contribution >= 0.6 is 15.9 Å². The first-order valence-corrected chi connectivity index (χ1v) is 7.05. The lowest BCUT2D eigenvalue weighted by Gasteiger charge is -2.21. The molecule has 2 amide bonds. The van der Waals surface area contributed by atoms with Crippen molar-refractivity contribution in [1.29, 1.82) is 0 Å². The number of hydrogen-bond acceptors (Lipinski definition) is 2. The fourth-order valence-electron chi connectivity index (χ4n) is 2.40. The molecule has 0 bridgehead atoms. The van der Waals surface area contributed by atoms with Crippen LogP contribution in [0.1, 0.15) is 26.3 Å². The Morgan fingerprint density at radius 3 is 1.96 bits per heavy atom. The number of rotatable bonds is 1. The number of hydrogen-bond donors (Lipinski definition) is 0. The third-order valence-corrected chi connectivity index (χ3v) is 3.96. The Kier molecular flexibility index (Phi) is 3.51. The average Bonchev–Trinajstić information content (AvgIpc) is 2.71. The molecule has 1 aliphatic rings. The van der Waals surface area contributed by atoms with Crippen molar-refractivity contribution in [3.05, 3.63) is 63.4 Å². The van der Waals surface area contributed by atoms with Crippen LogP contribution < -0.4 is 4.90 Å². The Morgan fingerprint density at radius 2 is 1.48 bits per heavy atom. The quantitative estimate of drug-likeness (QED) is 0.536. The maximum Gasteiger partial charge on any atom is 0.418 e. The molecule has 8 heteroatoms. The van der Waals surface area contributed by atoms with Gasteiger partial charge in [-0.1, -0.05) is 12.1 Å². The van der Waals surface area contributed by atoms with Gasteiger partial charge in [0.05, 0.1) is 22.4 Å². The van der Waals surface area contributed by atoms with E-state index in [1.165, 1.54) is 24.3 Å². The molecule has 0 spiro atoms. The predicted molar refractivity (Wildman–Crippen MR) is 76.7 cm³/mol. The van der Waals surface area contributed by atoms with E-state index in [4.69, 9.17) is 0 Å². The summed E-state index contributed by atoms with van der Waals surface area (Å²) in [7, 11) is 0. The zero-order valence-corrected chi connectivity index (χ0v) is 12.7. The number of halogens is 5. The van der Waals surface area contributed by atoms with E-state index in [1.54, 1.807) is 0 Å². The van der Waals surface area contributed by atoms with E-state index in [0.717, 1.165) is 6.07 Å². The molecule has 3 rings (SSSR count). The molecule has 23 heavy (non-hydrogen) atoms. The molecular weight excluding hydrogens is 382 g/mol. The van der Waals surface area contributed by atoms with E-state index in [2.05, 4.69) is 15.9 Å². The first-order valence-electron chi connectivity index (χ1n) is 6.26. The van der Waals surface area contributed by atoms with Crippen molar-refractivity contribution in [1.82, 2.24) is 0 Å². The second-order valence-electron chi connectivity index (χ2n) is 4.77. The summed E-state index contributed by atoms with van der Waals surface area (Å²) >= 11 is 2.81. The lowest BCUT2D eigenvalue weighted by molar-refractivity contribution is -0.137. The van der Waals surface area contributed by atoms with Gasteiger partial charge in [0, 0.05) is 4.47 Å². The predicted octanol–water partition coefficient (Wildman–Crippen LogP) is 4.41. The van der Waals surface area contributed by atoms with Gasteiger partial charge >= 0.3 is 6.18 Å². The molecule has 1 heterocycles. The van der Waals surface area contributed by atoms with Crippen LogP contribution in [-0.4, -0.2) is 11.8 Å². The van der Waals surface area contributed by atoms with Crippen molar-refractivity contribution in [2.45, 2.75) is 6.18 Å². The largest absolute Gasteiger partial charge is 0.418 e. The monoisotopic (exact) mass is 387 g/mol. The van der Waals surface area contributed by atoms with E-state index in [-0.39, 0.29) is 21.7 Å². The first kappa shape index (κ1) is 15.7. The molecule has 1 aliphatic heterocycles. The first-order chi connectivity index (χ1) is 10.7. The van der Waals surface area contributed by atoms with Gasteiger partial charge < -0.3 is 0 Å². The Morgan fingerprint density at radius 1 is 0.957 bits per heavy atom. The van der Waals surface area contributed by atoms with Crippen LogP contribution in [0.15, 0.2) is 40.9 Å². The lowest BCUT2D eigenvalue weighted by atomic mass is 10.1. The maximum absolute atomic E-state index is 13.4. The zero-order valence-electron chi connectivity index (χ0n) is 11.1. The SMILES string of the molecule is O=C1c2ccccc2C(=O)N1c1c(Br)cc(F)cc1C(F)(F)F. The third-order valence-electron chi connectivity index (χ3n) is 3.35. The fourth-order valence-corrected chi connectivity index (χ4v) is 3.01.